The van der Waals surface area contributed by atoms with E-state index in [1.54, 1.807) is 12.4 Å². The molecular formula is C14H16N6. The van der Waals surface area contributed by atoms with E-state index in [4.69, 9.17) is 5.73 Å². The Bertz CT molecular complexity index is 671. The Morgan fingerprint density at radius 3 is 2.85 bits per heavy atom. The summed E-state index contributed by atoms with van der Waals surface area (Å²) in [5.74, 6) is 0.522. The van der Waals surface area contributed by atoms with E-state index in [0.717, 1.165) is 30.8 Å². The summed E-state index contributed by atoms with van der Waals surface area (Å²) in [4.78, 5) is 12.3. The Morgan fingerprint density at radius 2 is 2.05 bits per heavy atom. The number of hydrogen-bond donors (Lipinski definition) is 1. The molecular weight excluding hydrogens is 252 g/mol. The zero-order chi connectivity index (χ0) is 13.8. The number of nitrogens with zero attached hydrogens (tertiary/aromatic N) is 5. The predicted octanol–water partition coefficient (Wildman–Crippen LogP) is 1.81. The van der Waals surface area contributed by atoms with Gasteiger partial charge in [0.05, 0.1) is 24.5 Å². The van der Waals surface area contributed by atoms with E-state index in [0.29, 0.717) is 5.82 Å². The van der Waals surface area contributed by atoms with Crippen LogP contribution in [0.4, 0.5) is 5.82 Å². The summed E-state index contributed by atoms with van der Waals surface area (Å²) in [5.41, 5.74) is 7.83. The Labute approximate surface area is 116 Å². The Hall–Kier alpha value is -2.63. The molecule has 6 nitrogen and oxygen atoms in total. The summed E-state index contributed by atoms with van der Waals surface area (Å²) >= 11 is 0. The van der Waals surface area contributed by atoms with Crippen LogP contribution in [0.25, 0.3) is 11.3 Å². The van der Waals surface area contributed by atoms with Crippen LogP contribution in [-0.2, 0) is 13.1 Å². The van der Waals surface area contributed by atoms with Crippen molar-refractivity contribution in [2.45, 2.75) is 19.5 Å². The second-order valence-electron chi connectivity index (χ2n) is 4.60. The van der Waals surface area contributed by atoms with E-state index < -0.39 is 0 Å². The maximum absolute atomic E-state index is 5.73. The van der Waals surface area contributed by atoms with E-state index in [2.05, 4.69) is 24.1 Å². The van der Waals surface area contributed by atoms with Gasteiger partial charge < -0.3 is 14.9 Å². The molecule has 0 bridgehead atoms. The second kappa shape index (κ2) is 5.56. The van der Waals surface area contributed by atoms with E-state index in [-0.39, 0.29) is 0 Å². The van der Waals surface area contributed by atoms with E-state index in [9.17, 15) is 0 Å². The first kappa shape index (κ1) is 12.4. The van der Waals surface area contributed by atoms with Gasteiger partial charge in [-0.3, -0.25) is 0 Å². The van der Waals surface area contributed by atoms with Gasteiger partial charge in [0.25, 0.3) is 0 Å². The second-order valence-corrected chi connectivity index (χ2v) is 4.60. The van der Waals surface area contributed by atoms with Crippen molar-refractivity contribution >= 4 is 5.82 Å². The molecule has 0 spiro atoms. The molecule has 3 rings (SSSR count). The molecule has 0 amide bonds. The fraction of sp³-hybridized carbons (Fsp3) is 0.214. The minimum absolute atomic E-state index is 0.522. The van der Waals surface area contributed by atoms with Crippen LogP contribution in [0.1, 0.15) is 6.42 Å². The maximum Gasteiger partial charge on any atom is 0.123 e. The van der Waals surface area contributed by atoms with Crippen molar-refractivity contribution in [2.24, 2.45) is 0 Å². The van der Waals surface area contributed by atoms with Crippen LogP contribution < -0.4 is 5.73 Å². The average molecular weight is 268 g/mol. The topological polar surface area (TPSA) is 74.5 Å². The molecule has 0 aromatic carbocycles. The summed E-state index contributed by atoms with van der Waals surface area (Å²) in [6, 6.07) is 3.81. The highest BCUT2D eigenvalue weighted by atomic mass is 15.1. The van der Waals surface area contributed by atoms with Crippen LogP contribution in [0.2, 0.25) is 0 Å². The van der Waals surface area contributed by atoms with Crippen molar-refractivity contribution in [3.05, 3.63) is 49.6 Å². The number of nitrogen functional groups attached to an aromatic ring is 1. The minimum Gasteiger partial charge on any atom is -0.384 e. The molecule has 2 N–H and O–H groups in total. The number of rotatable bonds is 5. The number of anilines is 1. The molecule has 3 aromatic rings. The number of nitrogens with two attached hydrogens (primary N) is 1. The summed E-state index contributed by atoms with van der Waals surface area (Å²) < 4.78 is 4.20. The molecule has 3 heterocycles. The standard InChI is InChI=1S/C14H16N6/c15-14-8-12(2-3-18-14)13-9-17-11-20(13)6-1-5-19-7-4-16-10-19/h2-4,7-11H,1,5-6H2,(H2,15,18). The molecule has 0 fully saturated rings. The van der Waals surface area contributed by atoms with Crippen LogP contribution in [0.15, 0.2) is 49.6 Å². The first-order valence-electron chi connectivity index (χ1n) is 6.51. The van der Waals surface area contributed by atoms with Crippen molar-refractivity contribution < 1.29 is 0 Å². The Balaban J connectivity index is 1.70. The van der Waals surface area contributed by atoms with Gasteiger partial charge in [-0.05, 0) is 18.6 Å². The van der Waals surface area contributed by atoms with Gasteiger partial charge in [-0.2, -0.15) is 0 Å². The van der Waals surface area contributed by atoms with Crippen LogP contribution >= 0.6 is 0 Å². The van der Waals surface area contributed by atoms with Crippen LogP contribution in [-0.4, -0.2) is 24.1 Å². The smallest absolute Gasteiger partial charge is 0.123 e. The summed E-state index contributed by atoms with van der Waals surface area (Å²) in [6.07, 6.45) is 12.0. The van der Waals surface area contributed by atoms with Gasteiger partial charge in [0.2, 0.25) is 0 Å². The Morgan fingerprint density at radius 1 is 1.10 bits per heavy atom. The largest absolute Gasteiger partial charge is 0.384 e. The lowest BCUT2D eigenvalue weighted by Gasteiger charge is -2.09. The quantitative estimate of drug-likeness (QED) is 0.766. The maximum atomic E-state index is 5.73. The van der Waals surface area contributed by atoms with Crippen molar-refractivity contribution in [1.82, 2.24) is 24.1 Å². The number of aryl methyl sites for hydroxylation is 2. The van der Waals surface area contributed by atoms with Crippen molar-refractivity contribution in [2.75, 3.05) is 5.73 Å². The number of aromatic nitrogens is 5. The molecule has 0 radical (unpaired) electrons. The molecule has 0 aliphatic heterocycles. The van der Waals surface area contributed by atoms with Gasteiger partial charge in [0, 0.05) is 37.2 Å². The molecule has 102 valence electrons. The third kappa shape index (κ3) is 2.69. The SMILES string of the molecule is Nc1cc(-c2cncn2CCCn2ccnc2)ccn1. The highest BCUT2D eigenvalue weighted by Gasteiger charge is 2.05. The summed E-state index contributed by atoms with van der Waals surface area (Å²) in [5, 5.41) is 0. The predicted molar refractivity (Wildman–Crippen MR) is 76.7 cm³/mol. The number of hydrogen-bond acceptors (Lipinski definition) is 4. The van der Waals surface area contributed by atoms with Gasteiger partial charge in [0.15, 0.2) is 0 Å². The van der Waals surface area contributed by atoms with E-state index in [1.165, 1.54) is 0 Å². The highest BCUT2D eigenvalue weighted by molar-refractivity contribution is 5.61. The third-order valence-corrected chi connectivity index (χ3v) is 3.16. The summed E-state index contributed by atoms with van der Waals surface area (Å²) in [6.45, 7) is 1.84. The van der Waals surface area contributed by atoms with Crippen molar-refractivity contribution in [3.8, 4) is 11.3 Å². The molecule has 0 aliphatic carbocycles. The van der Waals surface area contributed by atoms with Crippen LogP contribution in [0.3, 0.4) is 0 Å². The fourth-order valence-corrected chi connectivity index (χ4v) is 2.19. The third-order valence-electron chi connectivity index (χ3n) is 3.16. The molecule has 6 heteroatoms. The first-order valence-corrected chi connectivity index (χ1v) is 6.51. The lowest BCUT2D eigenvalue weighted by Crippen LogP contribution is -2.03. The fourth-order valence-electron chi connectivity index (χ4n) is 2.19. The lowest BCUT2D eigenvalue weighted by atomic mass is 10.2. The zero-order valence-corrected chi connectivity index (χ0v) is 11.1. The highest BCUT2D eigenvalue weighted by Crippen LogP contribution is 2.20. The minimum atomic E-state index is 0.522. The molecule has 3 aromatic heterocycles. The van der Waals surface area contributed by atoms with Crippen molar-refractivity contribution in [1.29, 1.82) is 0 Å². The van der Waals surface area contributed by atoms with Gasteiger partial charge in [-0.1, -0.05) is 0 Å². The normalized spacial score (nSPS) is 10.8. The van der Waals surface area contributed by atoms with E-state index >= 15 is 0 Å². The van der Waals surface area contributed by atoms with Gasteiger partial charge in [-0.25, -0.2) is 15.0 Å². The van der Waals surface area contributed by atoms with Gasteiger partial charge in [0.1, 0.15) is 5.82 Å². The van der Waals surface area contributed by atoms with Crippen LogP contribution in [0.5, 0.6) is 0 Å². The molecule has 0 unspecified atom stereocenters. The molecule has 0 atom stereocenters. The molecule has 0 aliphatic rings. The molecule has 0 saturated heterocycles. The molecule has 0 saturated carbocycles. The zero-order valence-electron chi connectivity index (χ0n) is 11.1. The monoisotopic (exact) mass is 268 g/mol. The van der Waals surface area contributed by atoms with Crippen molar-refractivity contribution in [3.63, 3.8) is 0 Å². The lowest BCUT2D eigenvalue weighted by molar-refractivity contribution is 0.566. The summed E-state index contributed by atoms with van der Waals surface area (Å²) in [7, 11) is 0. The average Bonchev–Trinajstić information content (AvgIpc) is 3.10. The molecule has 20 heavy (non-hydrogen) atoms. The number of pyridine rings is 1. The Kier molecular flexibility index (Phi) is 3.45. The number of imidazole rings is 2. The first-order chi connectivity index (χ1) is 9.83. The van der Waals surface area contributed by atoms with Crippen LogP contribution in [0, 0.1) is 0 Å². The van der Waals surface area contributed by atoms with Gasteiger partial charge >= 0.3 is 0 Å². The van der Waals surface area contributed by atoms with Gasteiger partial charge in [-0.15, -0.1) is 0 Å². The van der Waals surface area contributed by atoms with E-state index in [1.807, 2.05) is 37.2 Å².